The zero-order valence-electron chi connectivity index (χ0n) is 21.0. The third-order valence-electron chi connectivity index (χ3n) is 6.08. The first kappa shape index (κ1) is 30.8. The fourth-order valence-electron chi connectivity index (χ4n) is 4.07. The zero-order chi connectivity index (χ0) is 27.7. The van der Waals surface area contributed by atoms with E-state index < -0.39 is 60.7 Å². The summed E-state index contributed by atoms with van der Waals surface area (Å²) in [4.78, 5) is 52.7. The number of hydrogen-bond acceptors (Lipinski definition) is 8. The van der Waals surface area contributed by atoms with Gasteiger partial charge in [-0.2, -0.15) is 0 Å². The first-order valence-corrected chi connectivity index (χ1v) is 12.9. The molecule has 3 amide bonds. The molecule has 1 aromatic carbocycles. The summed E-state index contributed by atoms with van der Waals surface area (Å²) < 4.78 is 13.9. The van der Waals surface area contributed by atoms with Crippen LogP contribution in [-0.4, -0.2) is 83.8 Å². The lowest BCUT2D eigenvalue weighted by molar-refractivity contribution is -0.141. The van der Waals surface area contributed by atoms with E-state index >= 15 is 0 Å². The third-order valence-corrected chi connectivity index (χ3v) is 6.61. The Morgan fingerprint density at radius 1 is 1.16 bits per heavy atom. The van der Waals surface area contributed by atoms with E-state index in [2.05, 4.69) is 31.9 Å². The third kappa shape index (κ3) is 9.11. The van der Waals surface area contributed by atoms with Crippen molar-refractivity contribution in [2.45, 2.75) is 63.6 Å². The summed E-state index contributed by atoms with van der Waals surface area (Å²) in [7, 11) is 0. The Hall–Kier alpha value is -2.45. The number of carbonyl (C=O) groups is 4. The van der Waals surface area contributed by atoms with Gasteiger partial charge < -0.3 is 32.1 Å². The molecule has 206 valence electrons. The van der Waals surface area contributed by atoms with Crippen LogP contribution in [0.2, 0.25) is 0 Å². The summed E-state index contributed by atoms with van der Waals surface area (Å²) in [6, 6.07) is 3.46. The van der Waals surface area contributed by atoms with Crippen LogP contribution in [0.4, 0.5) is 4.39 Å². The van der Waals surface area contributed by atoms with Crippen LogP contribution >= 0.6 is 15.9 Å². The molecule has 13 heteroatoms. The molecule has 1 aliphatic rings. The molecule has 4 atom stereocenters. The van der Waals surface area contributed by atoms with Gasteiger partial charge in [0.1, 0.15) is 25.0 Å². The molecule has 1 aromatic rings. The van der Waals surface area contributed by atoms with Crippen LogP contribution in [0.1, 0.15) is 43.5 Å². The summed E-state index contributed by atoms with van der Waals surface area (Å²) >= 11 is 3.31. The number of rotatable bonds is 13. The number of aliphatic hydroxyl groups is 1. The standard InChI is InChI=1S/C24H36BrFN6O5/c1-13(2)20(31-21(35)14-5-7-15(25)8-6-14)23(37)32-12-16(33)10-18(32)22(36)30-17(19(34)11-26)4-3-9-29-24(27)28/h5-8,13,16-18,20,24,29,33H,3-4,9-12,27-28H2,1-2H3,(H,30,36)(H,31,35)/t16-,17+,18+,20+/m1/s1. The van der Waals surface area contributed by atoms with E-state index in [-0.39, 0.29) is 25.3 Å². The van der Waals surface area contributed by atoms with Crippen molar-refractivity contribution < 1.29 is 28.7 Å². The first-order valence-electron chi connectivity index (χ1n) is 12.1. The molecule has 37 heavy (non-hydrogen) atoms. The van der Waals surface area contributed by atoms with Crippen molar-refractivity contribution in [1.82, 2.24) is 20.9 Å². The number of amides is 3. The van der Waals surface area contributed by atoms with Crippen molar-refractivity contribution in [2.24, 2.45) is 17.4 Å². The van der Waals surface area contributed by atoms with E-state index in [0.717, 1.165) is 4.47 Å². The zero-order valence-corrected chi connectivity index (χ0v) is 22.5. The highest BCUT2D eigenvalue weighted by Crippen LogP contribution is 2.22. The minimum absolute atomic E-state index is 0.0524. The van der Waals surface area contributed by atoms with Crippen LogP contribution in [0, 0.1) is 5.92 Å². The second-order valence-electron chi connectivity index (χ2n) is 9.38. The van der Waals surface area contributed by atoms with Crippen molar-refractivity contribution in [3.05, 3.63) is 34.3 Å². The maximum atomic E-state index is 13.5. The number of aliphatic hydroxyl groups excluding tert-OH is 1. The predicted octanol–water partition coefficient (Wildman–Crippen LogP) is -0.240. The Morgan fingerprint density at radius 2 is 1.81 bits per heavy atom. The number of ketones is 1. The molecule has 1 heterocycles. The van der Waals surface area contributed by atoms with Gasteiger partial charge in [0, 0.05) is 23.0 Å². The summed E-state index contributed by atoms with van der Waals surface area (Å²) in [5, 5.41) is 18.3. The molecule has 1 aliphatic heterocycles. The van der Waals surface area contributed by atoms with Gasteiger partial charge in [-0.05, 0) is 49.6 Å². The van der Waals surface area contributed by atoms with Crippen LogP contribution in [0.3, 0.4) is 0 Å². The second kappa shape index (κ2) is 14.5. The van der Waals surface area contributed by atoms with Crippen LogP contribution in [-0.2, 0) is 14.4 Å². The average Bonchev–Trinajstić information content (AvgIpc) is 3.25. The molecule has 0 aliphatic carbocycles. The Labute approximate surface area is 224 Å². The topological polar surface area (TPSA) is 180 Å². The number of carbonyl (C=O) groups excluding carboxylic acids is 4. The highest BCUT2D eigenvalue weighted by atomic mass is 79.9. The molecular formula is C24H36BrFN6O5. The van der Waals surface area contributed by atoms with Crippen molar-refractivity contribution in [3.8, 4) is 0 Å². The van der Waals surface area contributed by atoms with E-state index in [4.69, 9.17) is 11.5 Å². The number of nitrogens with zero attached hydrogens (tertiary/aromatic N) is 1. The largest absolute Gasteiger partial charge is 0.391 e. The minimum Gasteiger partial charge on any atom is -0.391 e. The van der Waals surface area contributed by atoms with Crippen molar-refractivity contribution in [1.29, 1.82) is 0 Å². The molecule has 8 N–H and O–H groups in total. The highest BCUT2D eigenvalue weighted by Gasteiger charge is 2.43. The Morgan fingerprint density at radius 3 is 2.38 bits per heavy atom. The maximum absolute atomic E-state index is 13.5. The number of halogens is 2. The fraction of sp³-hybridized carbons (Fsp3) is 0.583. The number of nitrogens with two attached hydrogens (primary N) is 2. The maximum Gasteiger partial charge on any atom is 0.251 e. The first-order chi connectivity index (χ1) is 17.4. The molecule has 0 spiro atoms. The van der Waals surface area contributed by atoms with Crippen molar-refractivity contribution >= 4 is 39.4 Å². The molecule has 1 saturated heterocycles. The number of hydrogen-bond donors (Lipinski definition) is 6. The smallest absolute Gasteiger partial charge is 0.251 e. The molecule has 0 aromatic heterocycles. The Kier molecular flexibility index (Phi) is 12.0. The fourth-order valence-corrected chi connectivity index (χ4v) is 4.34. The lowest BCUT2D eigenvalue weighted by Gasteiger charge is -2.31. The molecular weight excluding hydrogens is 551 g/mol. The minimum atomic E-state index is -1.26. The van der Waals surface area contributed by atoms with Gasteiger partial charge in [0.15, 0.2) is 5.78 Å². The molecule has 1 fully saturated rings. The van der Waals surface area contributed by atoms with Gasteiger partial charge in [-0.3, -0.25) is 24.5 Å². The molecule has 0 unspecified atom stereocenters. The molecule has 0 saturated carbocycles. The van der Waals surface area contributed by atoms with Gasteiger partial charge in [-0.25, -0.2) is 4.39 Å². The number of alkyl halides is 1. The van der Waals surface area contributed by atoms with Crippen LogP contribution in [0.25, 0.3) is 0 Å². The second-order valence-corrected chi connectivity index (χ2v) is 10.3. The lowest BCUT2D eigenvalue weighted by atomic mass is 10.0. The number of nitrogens with one attached hydrogen (secondary N) is 3. The van der Waals surface area contributed by atoms with Gasteiger partial charge in [0.05, 0.1) is 12.1 Å². The summed E-state index contributed by atoms with van der Waals surface area (Å²) in [6.07, 6.45) is -1.25. The molecule has 0 bridgehead atoms. The molecule has 0 radical (unpaired) electrons. The van der Waals surface area contributed by atoms with E-state index in [9.17, 15) is 28.7 Å². The predicted molar refractivity (Wildman–Crippen MR) is 139 cm³/mol. The normalized spacial score (nSPS) is 19.1. The Bertz CT molecular complexity index is 948. The summed E-state index contributed by atoms with van der Waals surface area (Å²) in [5.41, 5.74) is 11.2. The average molecular weight is 587 g/mol. The van der Waals surface area contributed by atoms with Crippen LogP contribution in [0.15, 0.2) is 28.7 Å². The molecule has 11 nitrogen and oxygen atoms in total. The van der Waals surface area contributed by atoms with Gasteiger partial charge >= 0.3 is 0 Å². The summed E-state index contributed by atoms with van der Waals surface area (Å²) in [5.74, 6) is -2.80. The van der Waals surface area contributed by atoms with Gasteiger partial charge in [0.2, 0.25) is 11.8 Å². The monoisotopic (exact) mass is 586 g/mol. The van der Waals surface area contributed by atoms with Crippen molar-refractivity contribution in [3.63, 3.8) is 0 Å². The number of benzene rings is 1. The van der Waals surface area contributed by atoms with Crippen LogP contribution < -0.4 is 27.4 Å². The van der Waals surface area contributed by atoms with E-state index in [1.54, 1.807) is 38.1 Å². The molecule has 2 rings (SSSR count). The Balaban J connectivity index is 2.13. The lowest BCUT2D eigenvalue weighted by Crippen LogP contribution is -2.56. The SMILES string of the molecule is CC(C)[C@H](NC(=O)c1ccc(Br)cc1)C(=O)N1C[C@H](O)C[C@H]1C(=O)N[C@@H](CCCNC(N)N)C(=O)CF. The van der Waals surface area contributed by atoms with Crippen LogP contribution in [0.5, 0.6) is 0 Å². The highest BCUT2D eigenvalue weighted by molar-refractivity contribution is 9.10. The number of β-amino-alcohol motifs (C(OH)–C–C–N with tert-alkyl or cyclic N) is 1. The van der Waals surface area contributed by atoms with Gasteiger partial charge in [-0.15, -0.1) is 0 Å². The quantitative estimate of drug-likeness (QED) is 0.135. The summed E-state index contributed by atoms with van der Waals surface area (Å²) in [6.45, 7) is 2.48. The van der Waals surface area contributed by atoms with E-state index in [1.165, 1.54) is 4.90 Å². The van der Waals surface area contributed by atoms with Gasteiger partial charge in [0.25, 0.3) is 5.91 Å². The van der Waals surface area contributed by atoms with E-state index in [0.29, 0.717) is 18.5 Å². The number of likely N-dealkylation sites (tertiary alicyclic amines) is 1. The number of Topliss-reactive ketones (excluding diaryl/α,β-unsaturated/α-hetero) is 1. The van der Waals surface area contributed by atoms with Crippen molar-refractivity contribution in [2.75, 3.05) is 19.8 Å². The van der Waals surface area contributed by atoms with Gasteiger partial charge in [-0.1, -0.05) is 29.8 Å². The van der Waals surface area contributed by atoms with E-state index in [1.807, 2.05) is 0 Å².